The van der Waals surface area contributed by atoms with E-state index in [0.29, 0.717) is 13.0 Å². The van der Waals surface area contributed by atoms with E-state index in [1.165, 1.54) is 0 Å². The molecule has 0 spiro atoms. The van der Waals surface area contributed by atoms with Crippen molar-refractivity contribution in [2.75, 3.05) is 0 Å². The maximum Gasteiger partial charge on any atom is 0.226 e. The van der Waals surface area contributed by atoms with Gasteiger partial charge in [-0.15, -0.1) is 0 Å². The highest BCUT2D eigenvalue weighted by Gasteiger charge is 2.11. The molecule has 2 rings (SSSR count). The average Bonchev–Trinajstić information content (AvgIpc) is 2.88. The van der Waals surface area contributed by atoms with Crippen molar-refractivity contribution in [2.45, 2.75) is 26.8 Å². The number of carbonyl (C=O) groups excluding carboxylic acids is 1. The molecule has 0 fully saturated rings. The molecule has 0 aliphatic heterocycles. The number of carbonyl (C=O) groups is 1. The number of aromatic amines is 1. The Morgan fingerprint density at radius 2 is 2.28 bits per heavy atom. The van der Waals surface area contributed by atoms with Crippen LogP contribution in [-0.4, -0.2) is 25.9 Å². The van der Waals surface area contributed by atoms with Crippen molar-refractivity contribution in [1.29, 1.82) is 0 Å². The van der Waals surface area contributed by atoms with E-state index >= 15 is 0 Å². The van der Waals surface area contributed by atoms with E-state index < -0.39 is 0 Å². The van der Waals surface area contributed by atoms with Gasteiger partial charge in [-0.2, -0.15) is 10.2 Å². The molecule has 1 amide bonds. The zero-order chi connectivity index (χ0) is 13.1. The van der Waals surface area contributed by atoms with E-state index in [1.54, 1.807) is 12.3 Å². The summed E-state index contributed by atoms with van der Waals surface area (Å²) >= 11 is 0. The van der Waals surface area contributed by atoms with Gasteiger partial charge < -0.3 is 5.32 Å². The third-order valence-corrected chi connectivity index (χ3v) is 3.03. The molecule has 0 radical (unpaired) electrons. The predicted molar refractivity (Wildman–Crippen MR) is 66.8 cm³/mol. The van der Waals surface area contributed by atoms with Crippen molar-refractivity contribution in [3.8, 4) is 0 Å². The van der Waals surface area contributed by atoms with Crippen LogP contribution in [0.3, 0.4) is 0 Å². The van der Waals surface area contributed by atoms with Crippen LogP contribution in [0.2, 0.25) is 0 Å². The molecule has 0 saturated heterocycles. The lowest BCUT2D eigenvalue weighted by Gasteiger charge is -2.05. The fourth-order valence-corrected chi connectivity index (χ4v) is 1.88. The third-order valence-electron chi connectivity index (χ3n) is 3.03. The first-order chi connectivity index (χ1) is 8.58. The number of aromatic nitrogens is 4. The molecule has 2 aromatic heterocycles. The van der Waals surface area contributed by atoms with Gasteiger partial charge in [-0.1, -0.05) is 0 Å². The molecule has 0 bridgehead atoms. The summed E-state index contributed by atoms with van der Waals surface area (Å²) in [6.45, 7) is 4.46. The van der Waals surface area contributed by atoms with Crippen LogP contribution in [0, 0.1) is 13.8 Å². The minimum absolute atomic E-state index is 0.0260. The summed E-state index contributed by atoms with van der Waals surface area (Å²) in [5.41, 5.74) is 3.92. The van der Waals surface area contributed by atoms with E-state index in [1.807, 2.05) is 25.6 Å². The van der Waals surface area contributed by atoms with Crippen LogP contribution in [0.4, 0.5) is 0 Å². The number of hydrogen-bond donors (Lipinski definition) is 2. The van der Waals surface area contributed by atoms with Gasteiger partial charge in [0.25, 0.3) is 0 Å². The Hall–Kier alpha value is -2.11. The van der Waals surface area contributed by atoms with Gasteiger partial charge in [-0.25, -0.2) is 0 Å². The van der Waals surface area contributed by atoms with E-state index in [2.05, 4.69) is 20.6 Å². The van der Waals surface area contributed by atoms with Crippen molar-refractivity contribution < 1.29 is 4.79 Å². The molecule has 0 atom stereocenters. The third kappa shape index (κ3) is 2.58. The van der Waals surface area contributed by atoms with E-state index in [4.69, 9.17) is 0 Å². The van der Waals surface area contributed by atoms with Crippen molar-refractivity contribution in [3.05, 3.63) is 34.9 Å². The van der Waals surface area contributed by atoms with Gasteiger partial charge >= 0.3 is 0 Å². The first kappa shape index (κ1) is 12.3. The lowest BCUT2D eigenvalue weighted by atomic mass is 10.2. The largest absolute Gasteiger partial charge is 0.352 e. The molecule has 18 heavy (non-hydrogen) atoms. The van der Waals surface area contributed by atoms with Crippen LogP contribution in [0.1, 0.15) is 22.6 Å². The SMILES string of the molecule is Cc1nn(C)c(C)c1CNC(=O)Cc1ccn[nH]1. The Kier molecular flexibility index (Phi) is 3.45. The maximum atomic E-state index is 11.7. The van der Waals surface area contributed by atoms with Gasteiger partial charge in [-0.05, 0) is 19.9 Å². The lowest BCUT2D eigenvalue weighted by Crippen LogP contribution is -2.25. The summed E-state index contributed by atoms with van der Waals surface area (Å²) in [5, 5.41) is 13.8. The van der Waals surface area contributed by atoms with Crippen LogP contribution in [-0.2, 0) is 24.8 Å². The van der Waals surface area contributed by atoms with Gasteiger partial charge in [0.05, 0.1) is 12.1 Å². The Morgan fingerprint density at radius 1 is 1.50 bits per heavy atom. The standard InChI is InChI=1S/C12H17N5O/c1-8-11(9(2)17(3)16-8)7-13-12(18)6-10-4-5-14-15-10/h4-5H,6-7H2,1-3H3,(H,13,18)(H,14,15). The molecule has 2 heterocycles. The Balaban J connectivity index is 1.93. The number of aryl methyl sites for hydroxylation is 2. The Bertz CT molecular complexity index is 541. The molecule has 0 aliphatic carbocycles. The fraction of sp³-hybridized carbons (Fsp3) is 0.417. The molecule has 0 aromatic carbocycles. The summed E-state index contributed by atoms with van der Waals surface area (Å²) in [5.74, 6) is -0.0260. The highest BCUT2D eigenvalue weighted by atomic mass is 16.1. The van der Waals surface area contributed by atoms with Crippen molar-refractivity contribution >= 4 is 5.91 Å². The fourth-order valence-electron chi connectivity index (χ4n) is 1.88. The molecular weight excluding hydrogens is 230 g/mol. The number of nitrogens with one attached hydrogen (secondary N) is 2. The van der Waals surface area contributed by atoms with Crippen LogP contribution in [0.5, 0.6) is 0 Å². The molecule has 6 heteroatoms. The number of H-pyrrole nitrogens is 1. The summed E-state index contributed by atoms with van der Waals surface area (Å²) in [6.07, 6.45) is 1.95. The number of nitrogens with zero attached hydrogens (tertiary/aromatic N) is 3. The van der Waals surface area contributed by atoms with Crippen LogP contribution >= 0.6 is 0 Å². The van der Waals surface area contributed by atoms with Gasteiger partial charge in [0.1, 0.15) is 0 Å². The van der Waals surface area contributed by atoms with Crippen LogP contribution < -0.4 is 5.32 Å². The van der Waals surface area contributed by atoms with E-state index in [0.717, 1.165) is 22.6 Å². The molecule has 0 saturated carbocycles. The minimum atomic E-state index is -0.0260. The molecule has 6 nitrogen and oxygen atoms in total. The average molecular weight is 247 g/mol. The van der Waals surface area contributed by atoms with Gasteiger partial charge in [0.2, 0.25) is 5.91 Å². The second-order valence-corrected chi connectivity index (χ2v) is 4.31. The molecule has 0 aliphatic rings. The van der Waals surface area contributed by atoms with Crippen molar-refractivity contribution in [2.24, 2.45) is 7.05 Å². The zero-order valence-electron chi connectivity index (χ0n) is 10.8. The minimum Gasteiger partial charge on any atom is -0.352 e. The molecule has 96 valence electrons. The normalized spacial score (nSPS) is 10.6. The first-order valence-corrected chi connectivity index (χ1v) is 5.82. The summed E-state index contributed by atoms with van der Waals surface area (Å²) < 4.78 is 1.83. The molecule has 0 unspecified atom stereocenters. The van der Waals surface area contributed by atoms with Gasteiger partial charge in [0, 0.05) is 36.7 Å². The quantitative estimate of drug-likeness (QED) is 0.831. The zero-order valence-corrected chi connectivity index (χ0v) is 10.8. The number of hydrogen-bond acceptors (Lipinski definition) is 3. The van der Waals surface area contributed by atoms with Crippen LogP contribution in [0.25, 0.3) is 0 Å². The Labute approximate surface area is 105 Å². The molecular formula is C12H17N5O. The van der Waals surface area contributed by atoms with E-state index in [9.17, 15) is 4.79 Å². The lowest BCUT2D eigenvalue weighted by molar-refractivity contribution is -0.120. The van der Waals surface area contributed by atoms with Crippen molar-refractivity contribution in [1.82, 2.24) is 25.3 Å². The monoisotopic (exact) mass is 247 g/mol. The van der Waals surface area contributed by atoms with Crippen LogP contribution in [0.15, 0.2) is 12.3 Å². The second-order valence-electron chi connectivity index (χ2n) is 4.31. The highest BCUT2D eigenvalue weighted by Crippen LogP contribution is 2.11. The molecule has 2 N–H and O–H groups in total. The van der Waals surface area contributed by atoms with E-state index in [-0.39, 0.29) is 5.91 Å². The smallest absolute Gasteiger partial charge is 0.226 e. The highest BCUT2D eigenvalue weighted by molar-refractivity contribution is 5.78. The molecule has 2 aromatic rings. The summed E-state index contributed by atoms with van der Waals surface area (Å²) in [7, 11) is 1.90. The summed E-state index contributed by atoms with van der Waals surface area (Å²) in [6, 6.07) is 1.79. The topological polar surface area (TPSA) is 75.6 Å². The number of amides is 1. The summed E-state index contributed by atoms with van der Waals surface area (Å²) in [4.78, 5) is 11.7. The first-order valence-electron chi connectivity index (χ1n) is 5.82. The maximum absolute atomic E-state index is 11.7. The second kappa shape index (κ2) is 5.03. The van der Waals surface area contributed by atoms with Crippen molar-refractivity contribution in [3.63, 3.8) is 0 Å². The van der Waals surface area contributed by atoms with Gasteiger partial charge in [-0.3, -0.25) is 14.6 Å². The van der Waals surface area contributed by atoms with Gasteiger partial charge in [0.15, 0.2) is 0 Å². The number of rotatable bonds is 4. The predicted octanol–water partition coefficient (Wildman–Crippen LogP) is 0.619. The Morgan fingerprint density at radius 3 is 2.83 bits per heavy atom.